The van der Waals surface area contributed by atoms with Gasteiger partial charge in [-0.05, 0) is 34.5 Å². The average Bonchev–Trinajstić information content (AvgIpc) is 2.80. The Bertz CT molecular complexity index is 1260. The summed E-state index contributed by atoms with van der Waals surface area (Å²) in [6.07, 6.45) is 0. The van der Waals surface area contributed by atoms with Crippen LogP contribution in [0.25, 0.3) is 10.8 Å². The summed E-state index contributed by atoms with van der Waals surface area (Å²) in [6.45, 7) is -0.0245. The molecule has 0 unspecified atom stereocenters. The van der Waals surface area contributed by atoms with Crippen LogP contribution < -0.4 is 5.32 Å². The molecule has 4 nitrogen and oxygen atoms in total. The Morgan fingerprint density at radius 1 is 0.733 bits per heavy atom. The van der Waals surface area contributed by atoms with Gasteiger partial charge in [0.05, 0.1) is 4.90 Å². The average molecular weight is 416 g/mol. The van der Waals surface area contributed by atoms with E-state index in [1.54, 1.807) is 60.7 Å². The topological polar surface area (TPSA) is 63.2 Å². The summed E-state index contributed by atoms with van der Waals surface area (Å²) in [5.74, 6) is -0.295. The number of hydrogen-bond acceptors (Lipinski definition) is 3. The molecule has 0 heterocycles. The first kappa shape index (κ1) is 19.9. The molecule has 150 valence electrons. The van der Waals surface area contributed by atoms with Crippen molar-refractivity contribution in [2.75, 3.05) is 6.54 Å². The SMILES string of the molecule is O=C(NC[C@H](c1ccccc1)S(=O)(=O)c1ccccc1)c1cccc2ccccc12. The number of benzene rings is 4. The molecule has 0 fully saturated rings. The van der Waals surface area contributed by atoms with Crippen molar-refractivity contribution in [1.82, 2.24) is 5.32 Å². The van der Waals surface area contributed by atoms with Crippen molar-refractivity contribution in [3.05, 3.63) is 114 Å². The largest absolute Gasteiger partial charge is 0.350 e. The molecule has 0 saturated heterocycles. The maximum Gasteiger partial charge on any atom is 0.251 e. The summed E-state index contributed by atoms with van der Waals surface area (Å²) in [5, 5.41) is 3.75. The van der Waals surface area contributed by atoms with Crippen LogP contribution in [0, 0.1) is 0 Å². The molecule has 1 N–H and O–H groups in total. The summed E-state index contributed by atoms with van der Waals surface area (Å²) in [7, 11) is -3.69. The van der Waals surface area contributed by atoms with E-state index in [0.29, 0.717) is 11.1 Å². The summed E-state index contributed by atoms with van der Waals surface area (Å²) in [5.41, 5.74) is 1.16. The van der Waals surface area contributed by atoms with Crippen molar-refractivity contribution >= 4 is 26.5 Å². The minimum atomic E-state index is -3.69. The van der Waals surface area contributed by atoms with Crippen molar-refractivity contribution in [2.45, 2.75) is 10.1 Å². The molecule has 4 aromatic rings. The summed E-state index contributed by atoms with van der Waals surface area (Å²) >= 11 is 0. The normalized spacial score (nSPS) is 12.4. The molecule has 0 saturated carbocycles. The monoisotopic (exact) mass is 415 g/mol. The highest BCUT2D eigenvalue weighted by atomic mass is 32.2. The Morgan fingerprint density at radius 2 is 1.33 bits per heavy atom. The van der Waals surface area contributed by atoms with Gasteiger partial charge in [0.2, 0.25) is 0 Å². The third-order valence-corrected chi connectivity index (χ3v) is 7.22. The smallest absolute Gasteiger partial charge is 0.251 e. The van der Waals surface area contributed by atoms with Gasteiger partial charge in [-0.25, -0.2) is 8.42 Å². The second-order valence-electron chi connectivity index (χ2n) is 6.99. The standard InChI is InChI=1S/C25H21NO3S/c27-25(23-17-9-13-19-10-7-8-16-22(19)23)26-18-24(20-11-3-1-4-12-20)30(28,29)21-14-5-2-6-15-21/h1-17,24H,18H2,(H,26,27)/t24-/m1/s1. The molecule has 0 aromatic heterocycles. The number of nitrogens with one attached hydrogen (secondary N) is 1. The first-order chi connectivity index (χ1) is 14.6. The van der Waals surface area contributed by atoms with E-state index in [1.807, 2.05) is 42.5 Å². The number of fused-ring (bicyclic) bond motifs is 1. The lowest BCUT2D eigenvalue weighted by Gasteiger charge is -2.19. The van der Waals surface area contributed by atoms with Gasteiger partial charge in [-0.3, -0.25) is 4.79 Å². The first-order valence-electron chi connectivity index (χ1n) is 9.67. The van der Waals surface area contributed by atoms with E-state index >= 15 is 0 Å². The molecular weight excluding hydrogens is 394 g/mol. The van der Waals surface area contributed by atoms with Gasteiger partial charge in [0, 0.05) is 12.1 Å². The van der Waals surface area contributed by atoms with Gasteiger partial charge in [0.15, 0.2) is 9.84 Å². The van der Waals surface area contributed by atoms with Crippen LogP contribution in [-0.2, 0) is 9.84 Å². The molecule has 1 atom stereocenters. The number of hydrogen-bond donors (Lipinski definition) is 1. The van der Waals surface area contributed by atoms with Gasteiger partial charge >= 0.3 is 0 Å². The zero-order valence-corrected chi connectivity index (χ0v) is 17.0. The highest BCUT2D eigenvalue weighted by Crippen LogP contribution is 2.28. The lowest BCUT2D eigenvalue weighted by molar-refractivity contribution is 0.0955. The maximum atomic E-state index is 13.3. The second kappa shape index (κ2) is 8.51. The Labute approximate surface area is 176 Å². The van der Waals surface area contributed by atoms with Crippen LogP contribution in [0.1, 0.15) is 21.2 Å². The molecule has 30 heavy (non-hydrogen) atoms. The molecule has 4 rings (SSSR count). The fraction of sp³-hybridized carbons (Fsp3) is 0.0800. The van der Waals surface area contributed by atoms with E-state index in [2.05, 4.69) is 5.32 Å². The predicted molar refractivity (Wildman–Crippen MR) is 119 cm³/mol. The molecule has 5 heteroatoms. The van der Waals surface area contributed by atoms with Gasteiger partial charge in [-0.1, -0.05) is 84.9 Å². The van der Waals surface area contributed by atoms with E-state index in [1.165, 1.54) is 0 Å². The second-order valence-corrected chi connectivity index (χ2v) is 9.12. The zero-order valence-electron chi connectivity index (χ0n) is 16.2. The molecule has 0 radical (unpaired) electrons. The molecule has 0 spiro atoms. The fourth-order valence-corrected chi connectivity index (χ4v) is 5.24. The Kier molecular flexibility index (Phi) is 5.63. The van der Waals surface area contributed by atoms with E-state index in [-0.39, 0.29) is 17.3 Å². The Hall–Kier alpha value is -3.44. The number of rotatable bonds is 6. The first-order valence-corrected chi connectivity index (χ1v) is 11.2. The third kappa shape index (κ3) is 3.98. The Morgan fingerprint density at radius 3 is 2.07 bits per heavy atom. The van der Waals surface area contributed by atoms with Gasteiger partial charge in [-0.2, -0.15) is 0 Å². The van der Waals surface area contributed by atoms with Crippen molar-refractivity contribution < 1.29 is 13.2 Å². The third-order valence-electron chi connectivity index (χ3n) is 5.10. The molecule has 0 bridgehead atoms. The summed E-state index contributed by atoms with van der Waals surface area (Å²) in [6, 6.07) is 30.5. The van der Waals surface area contributed by atoms with Crippen LogP contribution in [0.15, 0.2) is 108 Å². The summed E-state index contributed by atoms with van der Waals surface area (Å²) < 4.78 is 26.7. The van der Waals surface area contributed by atoms with Crippen LogP contribution in [0.3, 0.4) is 0 Å². The number of sulfone groups is 1. The Balaban J connectivity index is 1.65. The molecule has 1 amide bonds. The van der Waals surface area contributed by atoms with Crippen molar-refractivity contribution in [3.63, 3.8) is 0 Å². The minimum Gasteiger partial charge on any atom is -0.350 e. The van der Waals surface area contributed by atoms with Crippen LogP contribution in [0.2, 0.25) is 0 Å². The molecule has 0 aliphatic heterocycles. The van der Waals surface area contributed by atoms with Gasteiger partial charge < -0.3 is 5.32 Å². The lowest BCUT2D eigenvalue weighted by atomic mass is 10.0. The van der Waals surface area contributed by atoms with Gasteiger partial charge in [0.1, 0.15) is 5.25 Å². The zero-order chi connectivity index (χ0) is 21.0. The van der Waals surface area contributed by atoms with Crippen molar-refractivity contribution in [2.24, 2.45) is 0 Å². The highest BCUT2D eigenvalue weighted by Gasteiger charge is 2.29. The molecule has 0 aliphatic carbocycles. The van der Waals surface area contributed by atoms with Crippen molar-refractivity contribution in [3.8, 4) is 0 Å². The quantitative estimate of drug-likeness (QED) is 0.493. The van der Waals surface area contributed by atoms with Crippen LogP contribution in [-0.4, -0.2) is 20.9 Å². The van der Waals surface area contributed by atoms with E-state index < -0.39 is 15.1 Å². The van der Waals surface area contributed by atoms with Crippen LogP contribution in [0.4, 0.5) is 0 Å². The minimum absolute atomic E-state index is 0.0245. The number of carbonyl (C=O) groups excluding carboxylic acids is 1. The number of carbonyl (C=O) groups is 1. The van der Waals surface area contributed by atoms with Gasteiger partial charge in [0.25, 0.3) is 5.91 Å². The fourth-order valence-electron chi connectivity index (χ4n) is 3.55. The number of amides is 1. The van der Waals surface area contributed by atoms with Gasteiger partial charge in [-0.15, -0.1) is 0 Å². The summed E-state index contributed by atoms with van der Waals surface area (Å²) in [4.78, 5) is 13.2. The highest BCUT2D eigenvalue weighted by molar-refractivity contribution is 7.91. The van der Waals surface area contributed by atoms with Crippen LogP contribution in [0.5, 0.6) is 0 Å². The predicted octanol–water partition coefficient (Wildman–Crippen LogP) is 4.78. The maximum absolute atomic E-state index is 13.3. The molecule has 0 aliphatic rings. The van der Waals surface area contributed by atoms with E-state index in [4.69, 9.17) is 0 Å². The lowest BCUT2D eigenvalue weighted by Crippen LogP contribution is -2.32. The van der Waals surface area contributed by atoms with E-state index in [0.717, 1.165) is 10.8 Å². The molecular formula is C25H21NO3S. The molecule has 4 aromatic carbocycles. The van der Waals surface area contributed by atoms with Crippen molar-refractivity contribution in [1.29, 1.82) is 0 Å². The van der Waals surface area contributed by atoms with Crippen LogP contribution >= 0.6 is 0 Å². The van der Waals surface area contributed by atoms with E-state index in [9.17, 15) is 13.2 Å².